The topological polar surface area (TPSA) is 114 Å². The number of urea groups is 1. The largest absolute Gasteiger partial charge is 0.454 e. The molecule has 0 aliphatic rings. The molecule has 1 aromatic rings. The number of carbonyl (C=O) groups excluding carboxylic acids is 4. The predicted octanol–water partition coefficient (Wildman–Crippen LogP) is -0.196. The maximum atomic E-state index is 11.8. The Bertz CT molecular complexity index is 559. The summed E-state index contributed by atoms with van der Waals surface area (Å²) in [6.07, 6.45) is 0. The summed E-state index contributed by atoms with van der Waals surface area (Å²) in [4.78, 5) is 45.6. The number of nitrogens with one attached hydrogen (secondary N) is 3. The number of imide groups is 1. The van der Waals surface area contributed by atoms with E-state index in [1.54, 1.807) is 30.3 Å². The van der Waals surface area contributed by atoms with Crippen molar-refractivity contribution in [1.82, 2.24) is 16.0 Å². The zero-order chi connectivity index (χ0) is 16.5. The smallest absolute Gasteiger partial charge is 0.328 e. The molecule has 0 aliphatic carbocycles. The van der Waals surface area contributed by atoms with E-state index in [9.17, 15) is 19.2 Å². The van der Waals surface area contributed by atoms with E-state index in [-0.39, 0.29) is 0 Å². The molecule has 0 bridgehead atoms. The highest BCUT2D eigenvalue weighted by atomic mass is 16.5. The van der Waals surface area contributed by atoms with Crippen LogP contribution >= 0.6 is 0 Å². The molecule has 1 atom stereocenters. The molecule has 118 valence electrons. The van der Waals surface area contributed by atoms with Crippen LogP contribution in [-0.4, -0.2) is 43.5 Å². The number of hydrogen-bond acceptors (Lipinski definition) is 5. The van der Waals surface area contributed by atoms with E-state index in [0.29, 0.717) is 5.56 Å². The second-order valence-electron chi connectivity index (χ2n) is 4.30. The number of rotatable bonds is 5. The molecule has 0 saturated heterocycles. The highest BCUT2D eigenvalue weighted by molar-refractivity contribution is 5.97. The van der Waals surface area contributed by atoms with Crippen LogP contribution in [0.25, 0.3) is 0 Å². The van der Waals surface area contributed by atoms with Crippen LogP contribution in [0.1, 0.15) is 17.3 Å². The van der Waals surface area contributed by atoms with Crippen molar-refractivity contribution in [2.45, 2.75) is 13.0 Å². The zero-order valence-corrected chi connectivity index (χ0v) is 12.2. The van der Waals surface area contributed by atoms with Gasteiger partial charge >= 0.3 is 12.0 Å². The summed E-state index contributed by atoms with van der Waals surface area (Å²) in [6, 6.07) is 6.72. The molecule has 0 heterocycles. The first kappa shape index (κ1) is 17.2. The van der Waals surface area contributed by atoms with Crippen molar-refractivity contribution in [3.8, 4) is 0 Å². The molecule has 8 nitrogen and oxygen atoms in total. The maximum absolute atomic E-state index is 11.8. The van der Waals surface area contributed by atoms with Crippen molar-refractivity contribution in [1.29, 1.82) is 0 Å². The van der Waals surface area contributed by atoms with Crippen LogP contribution in [0.5, 0.6) is 0 Å². The lowest BCUT2D eigenvalue weighted by atomic mass is 10.2. The second kappa shape index (κ2) is 8.40. The van der Waals surface area contributed by atoms with Crippen molar-refractivity contribution in [3.63, 3.8) is 0 Å². The normalized spacial score (nSPS) is 11.0. The van der Waals surface area contributed by atoms with Crippen LogP contribution in [0.2, 0.25) is 0 Å². The van der Waals surface area contributed by atoms with Crippen LogP contribution in [0, 0.1) is 0 Å². The third-order valence-corrected chi connectivity index (χ3v) is 2.56. The third kappa shape index (κ3) is 5.61. The fraction of sp³-hybridized carbons (Fsp3) is 0.286. The van der Waals surface area contributed by atoms with E-state index in [0.717, 1.165) is 0 Å². The summed E-state index contributed by atoms with van der Waals surface area (Å²) in [5.74, 6) is -1.98. The molecule has 0 saturated carbocycles. The van der Waals surface area contributed by atoms with Crippen molar-refractivity contribution in [2.75, 3.05) is 13.7 Å². The Balaban J connectivity index is 2.41. The van der Waals surface area contributed by atoms with Crippen molar-refractivity contribution in [3.05, 3.63) is 35.9 Å². The molecular weight excluding hydrogens is 290 g/mol. The van der Waals surface area contributed by atoms with Gasteiger partial charge in [-0.05, 0) is 19.1 Å². The minimum Gasteiger partial charge on any atom is -0.454 e. The van der Waals surface area contributed by atoms with Gasteiger partial charge in [-0.3, -0.25) is 14.9 Å². The molecule has 1 rings (SSSR count). The molecule has 0 aromatic heterocycles. The summed E-state index contributed by atoms with van der Waals surface area (Å²) in [5, 5.41) is 6.57. The van der Waals surface area contributed by atoms with Gasteiger partial charge in [-0.25, -0.2) is 9.59 Å². The lowest BCUT2D eigenvalue weighted by Gasteiger charge is -2.13. The Morgan fingerprint density at radius 1 is 1.14 bits per heavy atom. The molecule has 0 radical (unpaired) electrons. The van der Waals surface area contributed by atoms with Gasteiger partial charge in [0.1, 0.15) is 6.04 Å². The van der Waals surface area contributed by atoms with E-state index < -0.39 is 36.5 Å². The Morgan fingerprint density at radius 2 is 1.77 bits per heavy atom. The SMILES string of the molecule is CNC(=O)NC(=O)COC(=O)[C@@H](C)NC(=O)c1ccccc1. The lowest BCUT2D eigenvalue weighted by molar-refractivity contribution is -0.149. The first-order chi connectivity index (χ1) is 10.4. The van der Waals surface area contributed by atoms with Crippen molar-refractivity contribution in [2.24, 2.45) is 0 Å². The molecule has 0 spiro atoms. The van der Waals surface area contributed by atoms with Gasteiger partial charge in [0.15, 0.2) is 6.61 Å². The Labute approximate surface area is 127 Å². The average Bonchev–Trinajstić information content (AvgIpc) is 2.53. The van der Waals surface area contributed by atoms with Gasteiger partial charge in [0.2, 0.25) is 0 Å². The van der Waals surface area contributed by atoms with Crippen molar-refractivity contribution < 1.29 is 23.9 Å². The van der Waals surface area contributed by atoms with Crippen molar-refractivity contribution >= 4 is 23.8 Å². The quantitative estimate of drug-likeness (QED) is 0.652. The van der Waals surface area contributed by atoms with Crippen LogP contribution in [0.4, 0.5) is 4.79 Å². The Kier molecular flexibility index (Phi) is 6.55. The molecule has 8 heteroatoms. The van der Waals surface area contributed by atoms with Gasteiger partial charge < -0.3 is 15.4 Å². The first-order valence-corrected chi connectivity index (χ1v) is 6.48. The summed E-state index contributed by atoms with van der Waals surface area (Å²) in [7, 11) is 1.34. The molecule has 22 heavy (non-hydrogen) atoms. The number of carbonyl (C=O) groups is 4. The van der Waals surface area contributed by atoms with Gasteiger partial charge in [-0.1, -0.05) is 18.2 Å². The molecule has 3 N–H and O–H groups in total. The fourth-order valence-electron chi connectivity index (χ4n) is 1.42. The van der Waals surface area contributed by atoms with E-state index >= 15 is 0 Å². The fourth-order valence-corrected chi connectivity index (χ4v) is 1.42. The van der Waals surface area contributed by atoms with Crippen LogP contribution in [0.15, 0.2) is 30.3 Å². The number of benzene rings is 1. The monoisotopic (exact) mass is 307 g/mol. The minimum atomic E-state index is -0.930. The van der Waals surface area contributed by atoms with Gasteiger partial charge in [0.25, 0.3) is 11.8 Å². The Morgan fingerprint density at radius 3 is 2.36 bits per heavy atom. The third-order valence-electron chi connectivity index (χ3n) is 2.56. The summed E-state index contributed by atoms with van der Waals surface area (Å²) in [6.45, 7) is 0.817. The summed E-state index contributed by atoms with van der Waals surface area (Å²) in [5.41, 5.74) is 0.402. The number of amides is 4. The molecule has 1 aromatic carbocycles. The van der Waals surface area contributed by atoms with E-state index in [1.807, 2.05) is 5.32 Å². The standard InChI is InChI=1S/C14H17N3O5/c1-9(16-12(19)10-6-4-3-5-7-10)13(20)22-8-11(18)17-14(21)15-2/h3-7,9H,8H2,1-2H3,(H,16,19)(H2,15,17,18,21)/t9-/m1/s1. The van der Waals surface area contributed by atoms with E-state index in [1.165, 1.54) is 14.0 Å². The molecule has 0 aliphatic heterocycles. The van der Waals surface area contributed by atoms with E-state index in [4.69, 9.17) is 4.74 Å². The first-order valence-electron chi connectivity index (χ1n) is 6.48. The zero-order valence-electron chi connectivity index (χ0n) is 12.2. The maximum Gasteiger partial charge on any atom is 0.328 e. The van der Waals surface area contributed by atoms with Gasteiger partial charge in [-0.15, -0.1) is 0 Å². The van der Waals surface area contributed by atoms with Gasteiger partial charge in [-0.2, -0.15) is 0 Å². The van der Waals surface area contributed by atoms with Gasteiger partial charge in [0, 0.05) is 12.6 Å². The highest BCUT2D eigenvalue weighted by Gasteiger charge is 2.19. The predicted molar refractivity (Wildman–Crippen MR) is 76.9 cm³/mol. The van der Waals surface area contributed by atoms with Gasteiger partial charge in [0.05, 0.1) is 0 Å². The molecule has 4 amide bonds. The minimum absolute atomic E-state index is 0.402. The highest BCUT2D eigenvalue weighted by Crippen LogP contribution is 1.99. The van der Waals surface area contributed by atoms with Crippen LogP contribution in [-0.2, 0) is 14.3 Å². The number of hydrogen-bond donors (Lipinski definition) is 3. The van der Waals surface area contributed by atoms with Crippen LogP contribution < -0.4 is 16.0 Å². The number of esters is 1. The lowest BCUT2D eigenvalue weighted by Crippen LogP contribution is -2.43. The molecule has 0 unspecified atom stereocenters. The summed E-state index contributed by atoms with van der Waals surface area (Å²) >= 11 is 0. The van der Waals surface area contributed by atoms with E-state index in [2.05, 4.69) is 10.6 Å². The Hall–Kier alpha value is -2.90. The molecular formula is C14H17N3O5. The number of ether oxygens (including phenoxy) is 1. The van der Waals surface area contributed by atoms with Crippen LogP contribution in [0.3, 0.4) is 0 Å². The average molecular weight is 307 g/mol. The second-order valence-corrected chi connectivity index (χ2v) is 4.30. The molecule has 0 fully saturated rings. The summed E-state index contributed by atoms with van der Waals surface area (Å²) < 4.78 is 4.70.